The molecule has 0 saturated heterocycles. The molecule has 2 aromatic rings. The first kappa shape index (κ1) is 18.0. The third kappa shape index (κ3) is 5.70. The number of halogens is 1. The smallest absolute Gasteiger partial charge is 0.277 e. The van der Waals surface area contributed by atoms with Gasteiger partial charge in [0.1, 0.15) is 11.5 Å². The van der Waals surface area contributed by atoms with E-state index >= 15 is 0 Å². The van der Waals surface area contributed by atoms with Crippen molar-refractivity contribution in [3.05, 3.63) is 58.1 Å². The minimum absolute atomic E-state index is 0.0955. The average Bonchev–Trinajstić information content (AvgIpc) is 2.58. The van der Waals surface area contributed by atoms with Gasteiger partial charge in [-0.05, 0) is 67.4 Å². The molecule has 0 aromatic heterocycles. The highest BCUT2D eigenvalue weighted by Gasteiger charge is 2.03. The van der Waals surface area contributed by atoms with Crippen molar-refractivity contribution < 1.29 is 14.3 Å². The first-order valence-electron chi connectivity index (χ1n) is 7.52. The monoisotopic (exact) mass is 390 g/mol. The van der Waals surface area contributed by atoms with E-state index in [1.807, 2.05) is 50.2 Å². The van der Waals surface area contributed by atoms with Crippen LogP contribution in [-0.2, 0) is 4.79 Å². The van der Waals surface area contributed by atoms with E-state index in [2.05, 4.69) is 26.5 Å². The Labute approximate surface area is 149 Å². The molecule has 0 aliphatic heterocycles. The van der Waals surface area contributed by atoms with E-state index in [0.717, 1.165) is 21.3 Å². The highest BCUT2D eigenvalue weighted by atomic mass is 79.9. The number of rotatable bonds is 7. The summed E-state index contributed by atoms with van der Waals surface area (Å²) >= 11 is 3.42. The van der Waals surface area contributed by atoms with E-state index < -0.39 is 0 Å². The summed E-state index contributed by atoms with van der Waals surface area (Å²) in [6.45, 7) is 4.42. The number of ether oxygens (including phenoxy) is 2. The molecule has 0 unspecified atom stereocenters. The number of hydrogen-bond acceptors (Lipinski definition) is 4. The summed E-state index contributed by atoms with van der Waals surface area (Å²) in [4.78, 5) is 11.7. The lowest BCUT2D eigenvalue weighted by atomic mass is 10.2. The van der Waals surface area contributed by atoms with Gasteiger partial charge in [-0.15, -0.1) is 0 Å². The molecule has 0 aliphatic rings. The Morgan fingerprint density at radius 3 is 2.54 bits per heavy atom. The summed E-state index contributed by atoms with van der Waals surface area (Å²) in [5, 5.41) is 3.91. The summed E-state index contributed by atoms with van der Waals surface area (Å²) in [7, 11) is 0. The number of carbonyl (C=O) groups is 1. The first-order valence-corrected chi connectivity index (χ1v) is 8.31. The molecule has 0 bridgehead atoms. The van der Waals surface area contributed by atoms with E-state index in [-0.39, 0.29) is 12.5 Å². The Balaban J connectivity index is 1.78. The molecule has 0 radical (unpaired) electrons. The van der Waals surface area contributed by atoms with Crippen molar-refractivity contribution in [1.29, 1.82) is 0 Å². The van der Waals surface area contributed by atoms with Crippen LogP contribution in [0.1, 0.15) is 18.1 Å². The Hall–Kier alpha value is -2.34. The minimum atomic E-state index is -0.322. The van der Waals surface area contributed by atoms with Crippen molar-refractivity contribution in [2.75, 3.05) is 13.2 Å². The second-order valence-corrected chi connectivity index (χ2v) is 5.85. The zero-order valence-electron chi connectivity index (χ0n) is 13.6. The van der Waals surface area contributed by atoms with E-state index in [9.17, 15) is 4.79 Å². The second kappa shape index (κ2) is 9.08. The predicted molar refractivity (Wildman–Crippen MR) is 97.7 cm³/mol. The van der Waals surface area contributed by atoms with Crippen LogP contribution in [0.25, 0.3) is 0 Å². The van der Waals surface area contributed by atoms with Gasteiger partial charge in [0.05, 0.1) is 12.8 Å². The molecule has 126 valence electrons. The van der Waals surface area contributed by atoms with Crippen LogP contribution >= 0.6 is 15.9 Å². The highest BCUT2D eigenvalue weighted by molar-refractivity contribution is 9.10. The minimum Gasteiger partial charge on any atom is -0.494 e. The molecule has 0 saturated carbocycles. The Morgan fingerprint density at radius 1 is 1.17 bits per heavy atom. The van der Waals surface area contributed by atoms with E-state index in [4.69, 9.17) is 9.47 Å². The molecular weight excluding hydrogens is 372 g/mol. The molecule has 0 atom stereocenters. The Morgan fingerprint density at radius 2 is 1.88 bits per heavy atom. The van der Waals surface area contributed by atoms with Crippen LogP contribution in [0.5, 0.6) is 11.5 Å². The fourth-order valence-electron chi connectivity index (χ4n) is 1.88. The molecule has 2 rings (SSSR count). The molecule has 1 amide bonds. The summed E-state index contributed by atoms with van der Waals surface area (Å²) < 4.78 is 11.8. The lowest BCUT2D eigenvalue weighted by Crippen LogP contribution is -2.24. The maximum atomic E-state index is 11.7. The van der Waals surface area contributed by atoms with Crippen molar-refractivity contribution in [2.45, 2.75) is 13.8 Å². The Bertz CT molecular complexity index is 715. The van der Waals surface area contributed by atoms with Gasteiger partial charge in [0.25, 0.3) is 5.91 Å². The second-order valence-electron chi connectivity index (χ2n) is 4.99. The summed E-state index contributed by atoms with van der Waals surface area (Å²) in [6, 6.07) is 13.0. The van der Waals surface area contributed by atoms with Crippen molar-refractivity contribution in [1.82, 2.24) is 5.43 Å². The number of hydrogen-bond donors (Lipinski definition) is 1. The molecule has 1 N–H and O–H groups in total. The molecule has 0 heterocycles. The number of amides is 1. The van der Waals surface area contributed by atoms with Crippen LogP contribution in [0, 0.1) is 6.92 Å². The van der Waals surface area contributed by atoms with Crippen LogP contribution < -0.4 is 14.9 Å². The fraction of sp³-hybridized carbons (Fsp3) is 0.222. The van der Waals surface area contributed by atoms with Gasteiger partial charge >= 0.3 is 0 Å². The SMILES string of the molecule is CCOc1ccc(C=NNC(=O)COc2ccc(Br)c(C)c2)cc1. The van der Waals surface area contributed by atoms with Crippen molar-refractivity contribution in [2.24, 2.45) is 5.10 Å². The van der Waals surface area contributed by atoms with Gasteiger partial charge < -0.3 is 9.47 Å². The van der Waals surface area contributed by atoms with Crippen molar-refractivity contribution in [3.63, 3.8) is 0 Å². The molecule has 0 spiro atoms. The van der Waals surface area contributed by atoms with E-state index in [1.54, 1.807) is 12.3 Å². The van der Waals surface area contributed by atoms with Crippen LogP contribution in [0.2, 0.25) is 0 Å². The molecule has 0 aliphatic carbocycles. The maximum Gasteiger partial charge on any atom is 0.277 e. The van der Waals surface area contributed by atoms with Crippen LogP contribution in [0.15, 0.2) is 52.0 Å². The Kier molecular flexibility index (Phi) is 6.81. The maximum absolute atomic E-state index is 11.7. The highest BCUT2D eigenvalue weighted by Crippen LogP contribution is 2.21. The van der Waals surface area contributed by atoms with Gasteiger partial charge in [-0.3, -0.25) is 4.79 Å². The van der Waals surface area contributed by atoms with Gasteiger partial charge in [0.15, 0.2) is 6.61 Å². The number of nitrogens with zero attached hydrogens (tertiary/aromatic N) is 1. The largest absolute Gasteiger partial charge is 0.494 e. The van der Waals surface area contributed by atoms with Crippen LogP contribution in [0.3, 0.4) is 0 Å². The number of carbonyl (C=O) groups excluding carboxylic acids is 1. The predicted octanol–water partition coefficient (Wildman–Crippen LogP) is 3.69. The lowest BCUT2D eigenvalue weighted by molar-refractivity contribution is -0.123. The van der Waals surface area contributed by atoms with Crippen LogP contribution in [0.4, 0.5) is 0 Å². The molecular formula is C18H19BrN2O3. The lowest BCUT2D eigenvalue weighted by Gasteiger charge is -2.06. The van der Waals surface area contributed by atoms with Crippen molar-refractivity contribution in [3.8, 4) is 11.5 Å². The molecule has 0 fully saturated rings. The molecule has 2 aromatic carbocycles. The zero-order chi connectivity index (χ0) is 17.4. The first-order chi connectivity index (χ1) is 11.6. The number of hydrazone groups is 1. The van der Waals surface area contributed by atoms with Crippen LogP contribution in [-0.4, -0.2) is 25.3 Å². The fourth-order valence-corrected chi connectivity index (χ4v) is 2.13. The molecule has 24 heavy (non-hydrogen) atoms. The number of aryl methyl sites for hydroxylation is 1. The quantitative estimate of drug-likeness (QED) is 0.579. The van der Waals surface area contributed by atoms with Crippen molar-refractivity contribution >= 4 is 28.1 Å². The van der Waals surface area contributed by atoms with E-state index in [0.29, 0.717) is 12.4 Å². The number of benzene rings is 2. The zero-order valence-corrected chi connectivity index (χ0v) is 15.2. The number of nitrogens with one attached hydrogen (secondary N) is 1. The molecule has 5 nitrogen and oxygen atoms in total. The van der Waals surface area contributed by atoms with Gasteiger partial charge in [0.2, 0.25) is 0 Å². The van der Waals surface area contributed by atoms with Gasteiger partial charge in [0, 0.05) is 4.47 Å². The van der Waals surface area contributed by atoms with Gasteiger partial charge in [-0.1, -0.05) is 15.9 Å². The molecule has 6 heteroatoms. The summed E-state index contributed by atoms with van der Waals surface area (Å²) in [5.41, 5.74) is 4.34. The topological polar surface area (TPSA) is 59.9 Å². The summed E-state index contributed by atoms with van der Waals surface area (Å²) in [5.74, 6) is 1.12. The third-order valence-corrected chi connectivity index (χ3v) is 3.98. The van der Waals surface area contributed by atoms with Gasteiger partial charge in [-0.2, -0.15) is 5.10 Å². The standard InChI is InChI=1S/C18H19BrN2O3/c1-3-23-15-6-4-14(5-7-15)11-20-21-18(22)12-24-16-8-9-17(19)13(2)10-16/h4-11H,3,12H2,1-2H3,(H,21,22). The van der Waals surface area contributed by atoms with Gasteiger partial charge in [-0.25, -0.2) is 5.43 Å². The van der Waals surface area contributed by atoms with E-state index in [1.165, 1.54) is 0 Å². The summed E-state index contributed by atoms with van der Waals surface area (Å²) in [6.07, 6.45) is 1.57. The normalized spacial score (nSPS) is 10.6. The third-order valence-electron chi connectivity index (χ3n) is 3.09. The average molecular weight is 391 g/mol.